The smallest absolute Gasteiger partial charge is 0.223 e. The topological polar surface area (TPSA) is 64.3 Å². The maximum absolute atomic E-state index is 12.3. The average Bonchev–Trinajstić information content (AvgIpc) is 2.43. The lowest BCUT2D eigenvalue weighted by atomic mass is 9.76. The Morgan fingerprint density at radius 2 is 1.89 bits per heavy atom. The molecule has 2 fully saturated rings. The number of amides is 1. The van der Waals surface area contributed by atoms with Gasteiger partial charge in [-0.25, -0.2) is 0 Å². The number of rotatable bonds is 3. The molecule has 4 heteroatoms. The highest BCUT2D eigenvalue weighted by molar-refractivity contribution is 5.79. The minimum absolute atomic E-state index is 0.126. The molecule has 1 amide bonds. The lowest BCUT2D eigenvalue weighted by Crippen LogP contribution is -2.57. The third-order valence-electron chi connectivity index (χ3n) is 4.60. The molecule has 104 valence electrons. The maximum Gasteiger partial charge on any atom is 0.223 e. The van der Waals surface area contributed by atoms with Crippen LogP contribution in [0.15, 0.2) is 0 Å². The number of carbonyl (C=O) groups excluding carboxylic acids is 1. The van der Waals surface area contributed by atoms with Gasteiger partial charge >= 0.3 is 0 Å². The summed E-state index contributed by atoms with van der Waals surface area (Å²) in [7, 11) is 0. The van der Waals surface area contributed by atoms with Crippen molar-refractivity contribution in [2.75, 3.05) is 19.8 Å². The van der Waals surface area contributed by atoms with E-state index in [1.165, 1.54) is 12.8 Å². The monoisotopic (exact) mass is 254 g/mol. The minimum atomic E-state index is -0.137. The fourth-order valence-electron chi connectivity index (χ4n) is 3.02. The van der Waals surface area contributed by atoms with Crippen LogP contribution in [-0.2, 0) is 9.53 Å². The quantitative estimate of drug-likeness (QED) is 0.801. The summed E-state index contributed by atoms with van der Waals surface area (Å²) in [6.07, 6.45) is 6.10. The molecule has 0 radical (unpaired) electrons. The number of nitrogens with one attached hydrogen (secondary N) is 1. The van der Waals surface area contributed by atoms with E-state index in [-0.39, 0.29) is 17.4 Å². The van der Waals surface area contributed by atoms with Crippen LogP contribution < -0.4 is 11.1 Å². The normalized spacial score (nSPS) is 34.2. The van der Waals surface area contributed by atoms with Crippen LogP contribution in [0.3, 0.4) is 0 Å². The second kappa shape index (κ2) is 6.02. The zero-order valence-electron chi connectivity index (χ0n) is 11.4. The molecule has 1 saturated heterocycles. The predicted molar refractivity (Wildman–Crippen MR) is 71.1 cm³/mol. The molecular weight excluding hydrogens is 228 g/mol. The predicted octanol–water partition coefficient (Wildman–Crippen LogP) is 1.44. The first kappa shape index (κ1) is 13.8. The van der Waals surface area contributed by atoms with Gasteiger partial charge in [-0.05, 0) is 44.4 Å². The standard InChI is InChI=1S/C14H26N2O2/c1-11-2-6-14(10-15,7-3-11)16-13(17)12-4-8-18-9-5-12/h11-12H,2-10,15H2,1H3,(H,16,17). The van der Waals surface area contributed by atoms with Crippen molar-refractivity contribution in [1.82, 2.24) is 5.32 Å². The summed E-state index contributed by atoms with van der Waals surface area (Å²) in [5.74, 6) is 1.09. The molecule has 18 heavy (non-hydrogen) atoms. The van der Waals surface area contributed by atoms with Crippen LogP contribution in [0.1, 0.15) is 45.4 Å². The van der Waals surface area contributed by atoms with Gasteiger partial charge in [0.1, 0.15) is 0 Å². The molecule has 2 rings (SSSR count). The molecule has 0 bridgehead atoms. The minimum Gasteiger partial charge on any atom is -0.381 e. The summed E-state index contributed by atoms with van der Waals surface area (Å²) >= 11 is 0. The molecule has 0 aromatic carbocycles. The molecule has 0 atom stereocenters. The van der Waals surface area contributed by atoms with Crippen molar-refractivity contribution < 1.29 is 9.53 Å². The molecular formula is C14H26N2O2. The Morgan fingerprint density at radius 1 is 1.28 bits per heavy atom. The van der Waals surface area contributed by atoms with Crippen molar-refractivity contribution in [3.63, 3.8) is 0 Å². The molecule has 1 heterocycles. The van der Waals surface area contributed by atoms with E-state index in [9.17, 15) is 4.79 Å². The number of ether oxygens (including phenoxy) is 1. The van der Waals surface area contributed by atoms with Gasteiger partial charge in [0.25, 0.3) is 0 Å². The second-order valence-corrected chi connectivity index (χ2v) is 6.04. The molecule has 0 aromatic heterocycles. The van der Waals surface area contributed by atoms with Crippen molar-refractivity contribution >= 4 is 5.91 Å². The van der Waals surface area contributed by atoms with Crippen LogP contribution in [0.5, 0.6) is 0 Å². The third kappa shape index (κ3) is 3.23. The Hall–Kier alpha value is -0.610. The second-order valence-electron chi connectivity index (χ2n) is 6.04. The molecule has 0 aromatic rings. The molecule has 0 unspecified atom stereocenters. The van der Waals surface area contributed by atoms with E-state index in [0.717, 1.165) is 31.6 Å². The zero-order valence-corrected chi connectivity index (χ0v) is 11.4. The van der Waals surface area contributed by atoms with Gasteiger partial charge in [-0.1, -0.05) is 6.92 Å². The highest BCUT2D eigenvalue weighted by Gasteiger charge is 2.36. The summed E-state index contributed by atoms with van der Waals surface area (Å²) in [5.41, 5.74) is 5.79. The van der Waals surface area contributed by atoms with Gasteiger partial charge in [0.05, 0.1) is 5.54 Å². The van der Waals surface area contributed by atoms with Crippen molar-refractivity contribution in [1.29, 1.82) is 0 Å². The SMILES string of the molecule is CC1CCC(CN)(NC(=O)C2CCOCC2)CC1. The Labute approximate surface area is 110 Å². The average molecular weight is 254 g/mol. The van der Waals surface area contributed by atoms with Gasteiger partial charge in [0, 0.05) is 25.7 Å². The largest absolute Gasteiger partial charge is 0.381 e. The van der Waals surface area contributed by atoms with E-state index >= 15 is 0 Å². The molecule has 0 spiro atoms. The van der Waals surface area contributed by atoms with Gasteiger partial charge in [0.2, 0.25) is 5.91 Å². The van der Waals surface area contributed by atoms with E-state index in [2.05, 4.69) is 12.2 Å². The first-order valence-corrected chi connectivity index (χ1v) is 7.25. The number of carbonyl (C=O) groups is 1. The highest BCUT2D eigenvalue weighted by atomic mass is 16.5. The summed E-state index contributed by atoms with van der Waals surface area (Å²) in [6, 6.07) is 0. The molecule has 3 N–H and O–H groups in total. The zero-order chi connectivity index (χ0) is 13.0. The fourth-order valence-corrected chi connectivity index (χ4v) is 3.02. The molecule has 1 aliphatic heterocycles. The molecule has 4 nitrogen and oxygen atoms in total. The Morgan fingerprint density at radius 3 is 2.44 bits per heavy atom. The van der Waals surface area contributed by atoms with E-state index < -0.39 is 0 Å². The van der Waals surface area contributed by atoms with Crippen molar-refractivity contribution in [3.05, 3.63) is 0 Å². The summed E-state index contributed by atoms with van der Waals surface area (Å²) < 4.78 is 5.30. The van der Waals surface area contributed by atoms with Crippen LogP contribution in [-0.4, -0.2) is 31.2 Å². The van der Waals surface area contributed by atoms with Crippen LogP contribution in [0, 0.1) is 11.8 Å². The van der Waals surface area contributed by atoms with Gasteiger partial charge in [-0.3, -0.25) is 4.79 Å². The first-order valence-electron chi connectivity index (χ1n) is 7.25. The Kier molecular flexibility index (Phi) is 4.62. The fraction of sp³-hybridized carbons (Fsp3) is 0.929. The summed E-state index contributed by atoms with van der Waals surface area (Å²) in [5, 5.41) is 3.25. The maximum atomic E-state index is 12.3. The van der Waals surface area contributed by atoms with Crippen molar-refractivity contribution in [2.45, 2.75) is 51.0 Å². The lowest BCUT2D eigenvalue weighted by Gasteiger charge is -2.40. The first-order chi connectivity index (χ1) is 8.65. The highest BCUT2D eigenvalue weighted by Crippen LogP contribution is 2.31. The van der Waals surface area contributed by atoms with E-state index in [1.54, 1.807) is 0 Å². The van der Waals surface area contributed by atoms with Crippen molar-refractivity contribution in [2.24, 2.45) is 17.6 Å². The van der Waals surface area contributed by atoms with Gasteiger partial charge < -0.3 is 15.8 Å². The number of hydrogen-bond donors (Lipinski definition) is 2. The third-order valence-corrected chi connectivity index (χ3v) is 4.60. The van der Waals surface area contributed by atoms with Crippen LogP contribution in [0.4, 0.5) is 0 Å². The van der Waals surface area contributed by atoms with Crippen LogP contribution >= 0.6 is 0 Å². The van der Waals surface area contributed by atoms with Gasteiger partial charge in [-0.15, -0.1) is 0 Å². The van der Waals surface area contributed by atoms with E-state index in [0.29, 0.717) is 19.8 Å². The van der Waals surface area contributed by atoms with E-state index in [4.69, 9.17) is 10.5 Å². The summed E-state index contributed by atoms with van der Waals surface area (Å²) in [4.78, 5) is 12.3. The van der Waals surface area contributed by atoms with Gasteiger partial charge in [0.15, 0.2) is 0 Å². The summed E-state index contributed by atoms with van der Waals surface area (Å²) in [6.45, 7) is 4.27. The van der Waals surface area contributed by atoms with Gasteiger partial charge in [-0.2, -0.15) is 0 Å². The van der Waals surface area contributed by atoms with Crippen LogP contribution in [0.2, 0.25) is 0 Å². The Bertz CT molecular complexity index is 280. The Balaban J connectivity index is 1.90. The molecule has 1 aliphatic carbocycles. The van der Waals surface area contributed by atoms with Crippen molar-refractivity contribution in [3.8, 4) is 0 Å². The number of nitrogens with two attached hydrogens (primary N) is 1. The van der Waals surface area contributed by atoms with E-state index in [1.807, 2.05) is 0 Å². The molecule has 1 saturated carbocycles. The number of hydrogen-bond acceptors (Lipinski definition) is 3. The van der Waals surface area contributed by atoms with Crippen LogP contribution in [0.25, 0.3) is 0 Å². The lowest BCUT2D eigenvalue weighted by molar-refractivity contribution is -0.130. The molecule has 2 aliphatic rings.